The summed E-state index contributed by atoms with van der Waals surface area (Å²) in [4.78, 5) is 2.20. The summed E-state index contributed by atoms with van der Waals surface area (Å²) in [6.45, 7) is 3.87. The van der Waals surface area contributed by atoms with Crippen molar-refractivity contribution in [2.24, 2.45) is 0 Å². The van der Waals surface area contributed by atoms with Crippen molar-refractivity contribution in [1.82, 2.24) is 5.32 Å². The fraction of sp³-hybridized carbons (Fsp3) is 0.571. The molecule has 0 spiro atoms. The second-order valence-electron chi connectivity index (χ2n) is 4.26. The fourth-order valence-corrected chi connectivity index (χ4v) is 1.92. The molecule has 3 nitrogen and oxygen atoms in total. The number of rotatable bonds is 7. The van der Waals surface area contributed by atoms with Gasteiger partial charge in [0.25, 0.3) is 0 Å². The van der Waals surface area contributed by atoms with E-state index in [1.54, 1.807) is 7.11 Å². The molecule has 1 N–H and O–H groups in total. The molecular weight excluding hydrogens is 212 g/mol. The van der Waals surface area contributed by atoms with Crippen LogP contribution in [0.4, 0.5) is 5.69 Å². The molecule has 0 amide bonds. The Morgan fingerprint density at radius 2 is 1.94 bits per heavy atom. The lowest BCUT2D eigenvalue weighted by Gasteiger charge is -2.20. The third kappa shape index (κ3) is 4.02. The Morgan fingerprint density at radius 1 is 1.29 bits per heavy atom. The molecule has 1 rings (SSSR count). The minimum atomic E-state index is 0.452. The van der Waals surface area contributed by atoms with Crippen molar-refractivity contribution in [2.45, 2.75) is 19.4 Å². The molecule has 1 aromatic carbocycles. The largest absolute Gasteiger partial charge is 0.383 e. The Bertz CT molecular complexity index is 307. The normalized spacial score (nSPS) is 12.5. The molecule has 96 valence electrons. The number of hydrogen-bond acceptors (Lipinski definition) is 3. The van der Waals surface area contributed by atoms with Crippen molar-refractivity contribution in [1.29, 1.82) is 0 Å². The van der Waals surface area contributed by atoms with Gasteiger partial charge in [-0.15, -0.1) is 0 Å². The van der Waals surface area contributed by atoms with Gasteiger partial charge in [0.15, 0.2) is 0 Å². The summed E-state index contributed by atoms with van der Waals surface area (Å²) in [5.41, 5.74) is 2.58. The number of anilines is 1. The molecule has 0 aromatic heterocycles. The van der Waals surface area contributed by atoms with Crippen LogP contribution in [0.1, 0.15) is 24.9 Å². The summed E-state index contributed by atoms with van der Waals surface area (Å²) < 4.78 is 5.08. The van der Waals surface area contributed by atoms with E-state index in [1.807, 2.05) is 7.05 Å². The van der Waals surface area contributed by atoms with Gasteiger partial charge >= 0.3 is 0 Å². The van der Waals surface area contributed by atoms with Crippen molar-refractivity contribution in [2.75, 3.05) is 39.3 Å². The minimum Gasteiger partial charge on any atom is -0.383 e. The number of likely N-dealkylation sites (N-methyl/N-ethyl adjacent to an activating group) is 1. The van der Waals surface area contributed by atoms with E-state index >= 15 is 0 Å². The maximum atomic E-state index is 5.08. The molecule has 3 heteroatoms. The number of nitrogens with one attached hydrogen (secondary N) is 1. The lowest BCUT2D eigenvalue weighted by Crippen LogP contribution is -2.22. The van der Waals surface area contributed by atoms with Gasteiger partial charge < -0.3 is 15.0 Å². The Morgan fingerprint density at radius 3 is 2.41 bits per heavy atom. The van der Waals surface area contributed by atoms with Crippen molar-refractivity contribution < 1.29 is 4.74 Å². The van der Waals surface area contributed by atoms with E-state index in [0.717, 1.165) is 19.6 Å². The summed E-state index contributed by atoms with van der Waals surface area (Å²) >= 11 is 0. The summed E-state index contributed by atoms with van der Waals surface area (Å²) in [6, 6.07) is 9.19. The molecule has 1 atom stereocenters. The molecule has 0 radical (unpaired) electrons. The second kappa shape index (κ2) is 7.30. The molecule has 17 heavy (non-hydrogen) atoms. The maximum Gasteiger partial charge on any atom is 0.0637 e. The molecule has 0 fully saturated rings. The Kier molecular flexibility index (Phi) is 6.01. The first-order chi connectivity index (χ1) is 8.22. The van der Waals surface area contributed by atoms with Crippen LogP contribution in [-0.4, -0.2) is 34.4 Å². The number of benzene rings is 1. The van der Waals surface area contributed by atoms with Gasteiger partial charge in [0.05, 0.1) is 6.61 Å². The quantitative estimate of drug-likeness (QED) is 0.787. The van der Waals surface area contributed by atoms with E-state index in [9.17, 15) is 0 Å². The van der Waals surface area contributed by atoms with Gasteiger partial charge in [-0.3, -0.25) is 0 Å². The SMILES string of the molecule is CCC(NC)c1ccc(N(C)CCOC)cc1. The third-order valence-corrected chi connectivity index (χ3v) is 3.12. The van der Waals surface area contributed by atoms with Crippen LogP contribution in [0.3, 0.4) is 0 Å². The molecule has 0 saturated carbocycles. The highest BCUT2D eigenvalue weighted by Crippen LogP contribution is 2.20. The van der Waals surface area contributed by atoms with E-state index in [1.165, 1.54) is 11.3 Å². The summed E-state index contributed by atoms with van der Waals surface area (Å²) in [6.07, 6.45) is 1.11. The van der Waals surface area contributed by atoms with Crippen LogP contribution in [-0.2, 0) is 4.74 Å². The van der Waals surface area contributed by atoms with Crippen molar-refractivity contribution >= 4 is 5.69 Å². The van der Waals surface area contributed by atoms with Crippen LogP contribution in [0.2, 0.25) is 0 Å². The molecule has 1 unspecified atom stereocenters. The molecular formula is C14H24N2O. The maximum absolute atomic E-state index is 5.08. The lowest BCUT2D eigenvalue weighted by atomic mass is 10.0. The highest BCUT2D eigenvalue weighted by Gasteiger charge is 2.06. The zero-order valence-corrected chi connectivity index (χ0v) is 11.4. The van der Waals surface area contributed by atoms with Crippen LogP contribution in [0.15, 0.2) is 24.3 Å². The van der Waals surface area contributed by atoms with Crippen LogP contribution in [0, 0.1) is 0 Å². The van der Waals surface area contributed by atoms with Gasteiger partial charge in [-0.2, -0.15) is 0 Å². The number of hydrogen-bond donors (Lipinski definition) is 1. The van der Waals surface area contributed by atoms with Crippen LogP contribution in [0.25, 0.3) is 0 Å². The monoisotopic (exact) mass is 236 g/mol. The van der Waals surface area contributed by atoms with E-state index < -0.39 is 0 Å². The average Bonchev–Trinajstić information content (AvgIpc) is 2.38. The van der Waals surface area contributed by atoms with Gasteiger partial charge in [0.1, 0.15) is 0 Å². The molecule has 0 heterocycles. The summed E-state index contributed by atoms with van der Waals surface area (Å²) in [7, 11) is 5.83. The summed E-state index contributed by atoms with van der Waals surface area (Å²) in [5, 5.41) is 3.32. The zero-order chi connectivity index (χ0) is 12.7. The fourth-order valence-electron chi connectivity index (χ4n) is 1.92. The number of nitrogens with zero attached hydrogens (tertiary/aromatic N) is 1. The first kappa shape index (κ1) is 14.0. The van der Waals surface area contributed by atoms with E-state index in [4.69, 9.17) is 4.74 Å². The van der Waals surface area contributed by atoms with Gasteiger partial charge in [-0.1, -0.05) is 19.1 Å². The van der Waals surface area contributed by atoms with E-state index in [2.05, 4.69) is 48.5 Å². The van der Waals surface area contributed by atoms with Crippen LogP contribution in [0.5, 0.6) is 0 Å². The third-order valence-electron chi connectivity index (χ3n) is 3.12. The zero-order valence-electron chi connectivity index (χ0n) is 11.4. The number of ether oxygens (including phenoxy) is 1. The predicted molar refractivity (Wildman–Crippen MR) is 73.7 cm³/mol. The number of methoxy groups -OCH3 is 1. The van der Waals surface area contributed by atoms with Crippen LogP contribution < -0.4 is 10.2 Å². The van der Waals surface area contributed by atoms with Gasteiger partial charge in [0.2, 0.25) is 0 Å². The Hall–Kier alpha value is -1.06. The van der Waals surface area contributed by atoms with Crippen molar-refractivity contribution in [3.8, 4) is 0 Å². The minimum absolute atomic E-state index is 0.452. The van der Waals surface area contributed by atoms with Crippen LogP contribution >= 0.6 is 0 Å². The highest BCUT2D eigenvalue weighted by atomic mass is 16.5. The topological polar surface area (TPSA) is 24.5 Å². The Balaban J connectivity index is 2.66. The molecule has 1 aromatic rings. The second-order valence-corrected chi connectivity index (χ2v) is 4.26. The molecule has 0 aliphatic rings. The standard InChI is InChI=1S/C14H24N2O/c1-5-14(15-2)12-6-8-13(9-7-12)16(3)10-11-17-4/h6-9,14-15H,5,10-11H2,1-4H3. The first-order valence-corrected chi connectivity index (χ1v) is 6.20. The first-order valence-electron chi connectivity index (χ1n) is 6.20. The van der Waals surface area contributed by atoms with E-state index in [0.29, 0.717) is 6.04 Å². The smallest absolute Gasteiger partial charge is 0.0637 e. The molecule has 0 bridgehead atoms. The van der Waals surface area contributed by atoms with E-state index in [-0.39, 0.29) is 0 Å². The van der Waals surface area contributed by atoms with Crippen molar-refractivity contribution in [3.05, 3.63) is 29.8 Å². The van der Waals surface area contributed by atoms with Gasteiger partial charge in [-0.05, 0) is 31.2 Å². The van der Waals surface area contributed by atoms with Gasteiger partial charge in [-0.25, -0.2) is 0 Å². The van der Waals surface area contributed by atoms with Crippen molar-refractivity contribution in [3.63, 3.8) is 0 Å². The lowest BCUT2D eigenvalue weighted by molar-refractivity contribution is 0.206. The molecule has 0 aliphatic carbocycles. The predicted octanol–water partition coefficient (Wildman–Crippen LogP) is 2.44. The Labute approximate surface area is 105 Å². The summed E-state index contributed by atoms with van der Waals surface area (Å²) in [5.74, 6) is 0. The average molecular weight is 236 g/mol. The van der Waals surface area contributed by atoms with Gasteiger partial charge in [0, 0.05) is 32.4 Å². The molecule has 0 saturated heterocycles. The highest BCUT2D eigenvalue weighted by molar-refractivity contribution is 5.47. The molecule has 0 aliphatic heterocycles.